The molecule has 4 aromatic heterocycles. The molecule has 0 N–H and O–H groups in total. The molecule has 7 aromatic rings. The Kier molecular flexibility index (Phi) is 3.11. The van der Waals surface area contributed by atoms with Crippen LogP contribution in [-0.4, -0.2) is 19.4 Å². The highest BCUT2D eigenvalue weighted by atomic mass is 15.0. The first-order valence-corrected chi connectivity index (χ1v) is 12.0. The maximum Gasteiger partial charge on any atom is 0.146 e. The van der Waals surface area contributed by atoms with Gasteiger partial charge in [0.2, 0.25) is 0 Å². The molecule has 3 aromatic carbocycles. The van der Waals surface area contributed by atoms with Gasteiger partial charge in [0, 0.05) is 41.2 Å². The summed E-state index contributed by atoms with van der Waals surface area (Å²) >= 11 is 0. The molecule has 0 unspecified atom stereocenters. The van der Waals surface area contributed by atoms with Crippen molar-refractivity contribution in [3.63, 3.8) is 0 Å². The lowest BCUT2D eigenvalue weighted by Gasteiger charge is -2.08. The van der Waals surface area contributed by atoms with Gasteiger partial charge in [0.1, 0.15) is 5.65 Å². The zero-order chi connectivity index (χ0) is 22.7. The predicted molar refractivity (Wildman–Crippen MR) is 140 cm³/mol. The summed E-state index contributed by atoms with van der Waals surface area (Å²) in [4.78, 5) is 14.1. The van der Waals surface area contributed by atoms with Crippen LogP contribution < -0.4 is 0 Å². The molecular weight excluding hydrogens is 428 g/mol. The Morgan fingerprint density at radius 3 is 2.40 bits per heavy atom. The van der Waals surface area contributed by atoms with E-state index in [0.717, 1.165) is 51.2 Å². The van der Waals surface area contributed by atoms with Crippen molar-refractivity contribution < 1.29 is 0 Å². The molecule has 0 radical (unpaired) electrons. The van der Waals surface area contributed by atoms with E-state index in [2.05, 4.69) is 75.0 Å². The minimum Gasteiger partial charge on any atom is -0.290 e. The molecule has 0 atom stereocenters. The Morgan fingerprint density at radius 1 is 0.600 bits per heavy atom. The number of imidazole rings is 1. The van der Waals surface area contributed by atoms with E-state index in [4.69, 9.17) is 4.98 Å². The van der Waals surface area contributed by atoms with Gasteiger partial charge in [-0.15, -0.1) is 0 Å². The summed E-state index contributed by atoms with van der Waals surface area (Å²) in [6.45, 7) is 0. The Balaban J connectivity index is 1.36. The van der Waals surface area contributed by atoms with Crippen LogP contribution in [0.2, 0.25) is 0 Å². The molecule has 4 heterocycles. The van der Waals surface area contributed by atoms with Crippen LogP contribution in [0.4, 0.5) is 0 Å². The molecule has 4 nitrogen and oxygen atoms in total. The van der Waals surface area contributed by atoms with Crippen molar-refractivity contribution in [3.05, 3.63) is 108 Å². The van der Waals surface area contributed by atoms with Crippen molar-refractivity contribution in [1.29, 1.82) is 0 Å². The number of rotatable bonds is 0. The zero-order valence-corrected chi connectivity index (χ0v) is 18.8. The van der Waals surface area contributed by atoms with Crippen LogP contribution in [0.5, 0.6) is 0 Å². The third-order valence-electron chi connectivity index (χ3n) is 8.00. The largest absolute Gasteiger partial charge is 0.290 e. The van der Waals surface area contributed by atoms with Gasteiger partial charge in [-0.25, -0.2) is 4.98 Å². The number of pyridine rings is 3. The lowest BCUT2D eigenvalue weighted by molar-refractivity contribution is 1.22. The number of hydrogen-bond donors (Lipinski definition) is 0. The predicted octanol–water partition coefficient (Wildman–Crippen LogP) is 6.73. The number of aromatic nitrogens is 4. The Bertz CT molecular complexity index is 2070. The Hall–Kier alpha value is -4.57. The highest BCUT2D eigenvalue weighted by Crippen LogP contribution is 2.46. The van der Waals surface area contributed by atoms with Crippen LogP contribution in [0.25, 0.3) is 60.6 Å². The lowest BCUT2D eigenvalue weighted by atomic mass is 9.98. The summed E-state index contributed by atoms with van der Waals surface area (Å²) in [6, 6.07) is 22.4. The van der Waals surface area contributed by atoms with E-state index in [-0.39, 0.29) is 0 Å². The van der Waals surface area contributed by atoms with Gasteiger partial charge in [-0.3, -0.25) is 14.4 Å². The van der Waals surface area contributed by atoms with Crippen molar-refractivity contribution in [2.24, 2.45) is 0 Å². The zero-order valence-electron chi connectivity index (χ0n) is 18.8. The lowest BCUT2D eigenvalue weighted by Crippen LogP contribution is -1.92. The van der Waals surface area contributed by atoms with Gasteiger partial charge in [-0.2, -0.15) is 0 Å². The molecular formula is C31H18N4. The van der Waals surface area contributed by atoms with Gasteiger partial charge in [0.15, 0.2) is 0 Å². The second-order valence-corrected chi connectivity index (χ2v) is 9.72. The van der Waals surface area contributed by atoms with Crippen LogP contribution in [0.15, 0.2) is 85.5 Å². The molecule has 35 heavy (non-hydrogen) atoms. The van der Waals surface area contributed by atoms with Crippen molar-refractivity contribution >= 4 is 38.4 Å². The quantitative estimate of drug-likeness (QED) is 0.243. The topological polar surface area (TPSA) is 43.1 Å². The molecule has 0 saturated heterocycles. The van der Waals surface area contributed by atoms with Crippen LogP contribution in [0, 0.1) is 0 Å². The molecule has 2 aliphatic rings. The normalized spacial score (nSPS) is 13.5. The fraction of sp³-hybridized carbons (Fsp3) is 0.0645. The van der Waals surface area contributed by atoms with Crippen molar-refractivity contribution in [2.45, 2.75) is 12.8 Å². The third kappa shape index (κ3) is 2.15. The average Bonchev–Trinajstić information content (AvgIpc) is 3.58. The molecule has 0 amide bonds. The summed E-state index contributed by atoms with van der Waals surface area (Å²) in [5.41, 5.74) is 15.3. The number of fused-ring (bicyclic) bond motifs is 15. The molecule has 0 bridgehead atoms. The van der Waals surface area contributed by atoms with Crippen LogP contribution in [0.3, 0.4) is 0 Å². The van der Waals surface area contributed by atoms with E-state index in [1.807, 2.05) is 24.8 Å². The smallest absolute Gasteiger partial charge is 0.146 e. The number of nitrogens with zero attached hydrogens (tertiary/aromatic N) is 4. The first kappa shape index (κ1) is 17.8. The molecule has 162 valence electrons. The highest BCUT2D eigenvalue weighted by molar-refractivity contribution is 6.13. The van der Waals surface area contributed by atoms with E-state index in [9.17, 15) is 0 Å². The molecule has 0 fully saturated rings. The van der Waals surface area contributed by atoms with E-state index in [1.165, 1.54) is 44.5 Å². The summed E-state index contributed by atoms with van der Waals surface area (Å²) in [5, 5.41) is 3.38. The van der Waals surface area contributed by atoms with Crippen LogP contribution in [-0.2, 0) is 12.8 Å². The number of benzene rings is 3. The van der Waals surface area contributed by atoms with Gasteiger partial charge < -0.3 is 0 Å². The first-order chi connectivity index (χ1) is 17.3. The summed E-state index contributed by atoms with van der Waals surface area (Å²) in [6.07, 6.45) is 9.54. The fourth-order valence-electron chi connectivity index (χ4n) is 6.47. The minimum atomic E-state index is 0.922. The average molecular weight is 447 g/mol. The molecule has 0 aliphatic heterocycles. The van der Waals surface area contributed by atoms with Gasteiger partial charge in [-0.05, 0) is 75.2 Å². The molecule has 9 rings (SSSR count). The van der Waals surface area contributed by atoms with Crippen molar-refractivity contribution in [3.8, 4) is 22.3 Å². The third-order valence-corrected chi connectivity index (χ3v) is 8.00. The highest BCUT2D eigenvalue weighted by Gasteiger charge is 2.28. The molecule has 2 aliphatic carbocycles. The number of hydrogen-bond acceptors (Lipinski definition) is 3. The summed E-state index contributed by atoms with van der Waals surface area (Å²) < 4.78 is 2.28. The van der Waals surface area contributed by atoms with Crippen LogP contribution in [0.1, 0.15) is 22.3 Å². The monoisotopic (exact) mass is 446 g/mol. The Labute approximate surface area is 200 Å². The molecule has 0 saturated carbocycles. The Morgan fingerprint density at radius 2 is 1.43 bits per heavy atom. The fourth-order valence-corrected chi connectivity index (χ4v) is 6.47. The SMILES string of the molecule is c1ccc2c(c1)Cc1cc3c(cc1-2)-c1ccc2c(nc4c5ccncc5c5ccncc5n24)c1C3. The standard InChI is InChI=1S/C31H18N4/c1-2-4-20-17(3-1)11-18-12-19-13-26-21(25(19)14-24(18)20)5-6-28-30(26)34-31-23-8-10-32-15-27(23)22-7-9-33-16-29(22)35(28)31/h1-10,12,14-16H,11,13H2. The van der Waals surface area contributed by atoms with Crippen molar-refractivity contribution in [1.82, 2.24) is 19.4 Å². The minimum absolute atomic E-state index is 0.922. The van der Waals surface area contributed by atoms with Gasteiger partial charge in [0.05, 0.1) is 22.7 Å². The maximum atomic E-state index is 5.27. The second-order valence-electron chi connectivity index (χ2n) is 9.72. The van der Waals surface area contributed by atoms with E-state index in [1.54, 1.807) is 0 Å². The van der Waals surface area contributed by atoms with E-state index in [0.29, 0.717) is 0 Å². The van der Waals surface area contributed by atoms with Gasteiger partial charge in [0.25, 0.3) is 0 Å². The van der Waals surface area contributed by atoms with Crippen molar-refractivity contribution in [2.75, 3.05) is 0 Å². The van der Waals surface area contributed by atoms with Gasteiger partial charge >= 0.3 is 0 Å². The summed E-state index contributed by atoms with van der Waals surface area (Å²) in [7, 11) is 0. The molecule has 4 heteroatoms. The second kappa shape index (κ2) is 6.10. The van der Waals surface area contributed by atoms with Gasteiger partial charge in [-0.1, -0.05) is 36.4 Å². The summed E-state index contributed by atoms with van der Waals surface area (Å²) in [5.74, 6) is 0. The van der Waals surface area contributed by atoms with E-state index >= 15 is 0 Å². The molecule has 0 spiro atoms. The van der Waals surface area contributed by atoms with Crippen LogP contribution >= 0.6 is 0 Å². The first-order valence-electron chi connectivity index (χ1n) is 12.0. The van der Waals surface area contributed by atoms with E-state index < -0.39 is 0 Å². The maximum absolute atomic E-state index is 5.27.